The van der Waals surface area contributed by atoms with Crippen molar-refractivity contribution in [3.63, 3.8) is 0 Å². The van der Waals surface area contributed by atoms with Gasteiger partial charge in [0.1, 0.15) is 4.88 Å². The van der Waals surface area contributed by atoms with E-state index in [-0.39, 0.29) is 5.97 Å². The highest BCUT2D eigenvalue weighted by atomic mass is 127. The zero-order valence-corrected chi connectivity index (χ0v) is 15.6. The van der Waals surface area contributed by atoms with Crippen LogP contribution in [0.4, 0.5) is 5.69 Å². The fourth-order valence-electron chi connectivity index (χ4n) is 1.80. The first kappa shape index (κ1) is 15.8. The van der Waals surface area contributed by atoms with E-state index >= 15 is 0 Å². The lowest BCUT2D eigenvalue weighted by molar-refractivity contribution is 0.0533. The van der Waals surface area contributed by atoms with Gasteiger partial charge in [-0.15, -0.1) is 11.3 Å². The number of nitrogens with two attached hydrogens (primary N) is 1. The van der Waals surface area contributed by atoms with Gasteiger partial charge in [-0.05, 0) is 60.2 Å². The lowest BCUT2D eigenvalue weighted by atomic mass is 10.1. The van der Waals surface area contributed by atoms with Gasteiger partial charge in [0.15, 0.2) is 0 Å². The van der Waals surface area contributed by atoms with E-state index in [1.807, 2.05) is 19.1 Å². The average Bonchev–Trinajstić information content (AvgIpc) is 2.70. The molecule has 2 rings (SSSR count). The van der Waals surface area contributed by atoms with Gasteiger partial charge in [0, 0.05) is 18.5 Å². The van der Waals surface area contributed by atoms with Gasteiger partial charge >= 0.3 is 5.97 Å². The molecule has 0 saturated heterocycles. The van der Waals surface area contributed by atoms with Crippen molar-refractivity contribution in [2.45, 2.75) is 13.8 Å². The Kier molecular flexibility index (Phi) is 5.09. The highest BCUT2D eigenvalue weighted by Crippen LogP contribution is 2.41. The summed E-state index contributed by atoms with van der Waals surface area (Å²) in [5.41, 5.74) is 8.52. The van der Waals surface area contributed by atoms with E-state index in [2.05, 4.69) is 44.6 Å². The Morgan fingerprint density at radius 1 is 1.50 bits per heavy atom. The van der Waals surface area contributed by atoms with Crippen molar-refractivity contribution in [3.8, 4) is 10.4 Å². The van der Waals surface area contributed by atoms with Gasteiger partial charge in [-0.1, -0.05) is 15.9 Å². The van der Waals surface area contributed by atoms with Crippen molar-refractivity contribution in [1.82, 2.24) is 0 Å². The number of ether oxygens (including phenoxy) is 1. The molecule has 0 unspecified atom stereocenters. The molecule has 106 valence electrons. The predicted molar refractivity (Wildman–Crippen MR) is 95.3 cm³/mol. The summed E-state index contributed by atoms with van der Waals surface area (Å²) in [6.07, 6.45) is 0. The molecular formula is C14H13BrINO2S. The number of anilines is 1. The molecule has 3 nitrogen and oxygen atoms in total. The number of nitrogen functional groups attached to an aromatic ring is 1. The van der Waals surface area contributed by atoms with Crippen LogP contribution in [0.2, 0.25) is 0 Å². The monoisotopic (exact) mass is 465 g/mol. The van der Waals surface area contributed by atoms with E-state index in [0.717, 1.165) is 24.0 Å². The van der Waals surface area contributed by atoms with Crippen LogP contribution in [0, 0.1) is 10.5 Å². The van der Waals surface area contributed by atoms with E-state index in [9.17, 15) is 4.79 Å². The van der Waals surface area contributed by atoms with Crippen LogP contribution in [0.5, 0.6) is 0 Å². The molecule has 0 atom stereocenters. The van der Waals surface area contributed by atoms with E-state index in [1.54, 1.807) is 6.92 Å². The summed E-state index contributed by atoms with van der Waals surface area (Å²) >= 11 is 7.19. The molecule has 6 heteroatoms. The largest absolute Gasteiger partial charge is 0.462 e. The Hall–Kier alpha value is -0.600. The van der Waals surface area contributed by atoms with Crippen LogP contribution < -0.4 is 5.73 Å². The van der Waals surface area contributed by atoms with Crippen molar-refractivity contribution >= 4 is 61.5 Å². The molecule has 0 aliphatic heterocycles. The lowest BCUT2D eigenvalue weighted by Crippen LogP contribution is -2.05. The Labute approximate surface area is 143 Å². The first-order chi connectivity index (χ1) is 9.45. The Morgan fingerprint density at radius 2 is 2.20 bits per heavy atom. The summed E-state index contributed by atoms with van der Waals surface area (Å²) in [5.74, 6) is -0.355. The summed E-state index contributed by atoms with van der Waals surface area (Å²) in [7, 11) is 0. The van der Waals surface area contributed by atoms with Crippen LogP contribution in [0.3, 0.4) is 0 Å². The third-order valence-electron chi connectivity index (χ3n) is 2.83. The van der Waals surface area contributed by atoms with Crippen LogP contribution in [-0.4, -0.2) is 12.6 Å². The van der Waals surface area contributed by atoms with Crippen LogP contribution in [0.15, 0.2) is 22.7 Å². The maximum atomic E-state index is 11.9. The molecule has 1 aromatic carbocycles. The number of esters is 1. The third kappa shape index (κ3) is 3.01. The topological polar surface area (TPSA) is 52.3 Å². The molecule has 0 radical (unpaired) electrons. The minimum Gasteiger partial charge on any atom is -0.462 e. The quantitative estimate of drug-likeness (QED) is 0.520. The fraction of sp³-hybridized carbons (Fsp3) is 0.214. The molecule has 0 fully saturated rings. The standard InChI is InChI=1S/C14H13BrINO2S/c1-3-19-14(18)13-11(17)7(2)12(20-13)9-6-8(16)4-5-10(9)15/h4-6H,3,17H2,1-2H3. The zero-order chi connectivity index (χ0) is 14.9. The van der Waals surface area contributed by atoms with Crippen LogP contribution in [-0.2, 0) is 4.74 Å². The van der Waals surface area contributed by atoms with E-state index in [4.69, 9.17) is 10.5 Å². The lowest BCUT2D eigenvalue weighted by Gasteiger charge is -2.04. The molecular weight excluding hydrogens is 453 g/mol. The first-order valence-electron chi connectivity index (χ1n) is 5.97. The fourth-order valence-corrected chi connectivity index (χ4v) is 4.02. The summed E-state index contributed by atoms with van der Waals surface area (Å²) in [6.45, 7) is 4.05. The second kappa shape index (κ2) is 6.44. The third-order valence-corrected chi connectivity index (χ3v) is 5.51. The van der Waals surface area contributed by atoms with Gasteiger partial charge in [0.25, 0.3) is 0 Å². The Balaban J connectivity index is 2.56. The van der Waals surface area contributed by atoms with Gasteiger partial charge in [-0.3, -0.25) is 0 Å². The molecule has 0 bridgehead atoms. The molecule has 20 heavy (non-hydrogen) atoms. The summed E-state index contributed by atoms with van der Waals surface area (Å²) in [6, 6.07) is 6.08. The van der Waals surface area contributed by atoms with Crippen molar-refractivity contribution in [2.24, 2.45) is 0 Å². The number of thiophene rings is 1. The SMILES string of the molecule is CCOC(=O)c1sc(-c2cc(I)ccc2Br)c(C)c1N. The normalized spacial score (nSPS) is 10.6. The molecule has 0 saturated carbocycles. The maximum absolute atomic E-state index is 11.9. The summed E-state index contributed by atoms with van der Waals surface area (Å²) in [4.78, 5) is 13.4. The molecule has 0 aliphatic carbocycles. The zero-order valence-electron chi connectivity index (χ0n) is 11.0. The van der Waals surface area contributed by atoms with Crippen LogP contribution in [0.1, 0.15) is 22.2 Å². The second-order valence-corrected chi connectivity index (χ2v) is 7.26. The number of carbonyl (C=O) groups excluding carboxylic acids is 1. The number of benzene rings is 1. The molecule has 1 aromatic heterocycles. The summed E-state index contributed by atoms with van der Waals surface area (Å²) < 4.78 is 7.16. The molecule has 1 heterocycles. The molecule has 0 aliphatic rings. The van der Waals surface area contributed by atoms with Crippen LogP contribution >= 0.6 is 49.9 Å². The molecule has 2 N–H and O–H groups in total. The van der Waals surface area contributed by atoms with Crippen molar-refractivity contribution in [1.29, 1.82) is 0 Å². The van der Waals surface area contributed by atoms with Crippen LogP contribution in [0.25, 0.3) is 10.4 Å². The summed E-state index contributed by atoms with van der Waals surface area (Å²) in [5, 5.41) is 0. The van der Waals surface area contributed by atoms with Gasteiger partial charge in [-0.2, -0.15) is 0 Å². The Morgan fingerprint density at radius 3 is 2.85 bits per heavy atom. The smallest absolute Gasteiger partial charge is 0.350 e. The van der Waals surface area contributed by atoms with E-state index in [1.165, 1.54) is 11.3 Å². The van der Waals surface area contributed by atoms with E-state index in [0.29, 0.717) is 17.2 Å². The molecule has 0 amide bonds. The van der Waals surface area contributed by atoms with Gasteiger partial charge in [0.05, 0.1) is 12.3 Å². The van der Waals surface area contributed by atoms with Gasteiger partial charge in [-0.25, -0.2) is 4.79 Å². The highest BCUT2D eigenvalue weighted by Gasteiger charge is 2.21. The average molecular weight is 466 g/mol. The number of halogens is 2. The number of hydrogen-bond donors (Lipinski definition) is 1. The first-order valence-corrected chi connectivity index (χ1v) is 8.66. The second-order valence-electron chi connectivity index (χ2n) is 4.14. The molecule has 0 spiro atoms. The number of hydrogen-bond acceptors (Lipinski definition) is 4. The number of carbonyl (C=O) groups is 1. The predicted octanol–water partition coefficient (Wildman–Crippen LogP) is 4.85. The van der Waals surface area contributed by atoms with Crippen molar-refractivity contribution in [3.05, 3.63) is 36.7 Å². The minimum atomic E-state index is -0.355. The van der Waals surface area contributed by atoms with Crippen molar-refractivity contribution < 1.29 is 9.53 Å². The molecule has 2 aromatic rings. The maximum Gasteiger partial charge on any atom is 0.350 e. The van der Waals surface area contributed by atoms with Crippen molar-refractivity contribution in [2.75, 3.05) is 12.3 Å². The van der Waals surface area contributed by atoms with Gasteiger partial charge in [0.2, 0.25) is 0 Å². The van der Waals surface area contributed by atoms with E-state index < -0.39 is 0 Å². The number of rotatable bonds is 3. The minimum absolute atomic E-state index is 0.345. The Bertz CT molecular complexity index is 669. The van der Waals surface area contributed by atoms with Gasteiger partial charge < -0.3 is 10.5 Å². The highest BCUT2D eigenvalue weighted by molar-refractivity contribution is 14.1.